The molecule has 16 heavy (non-hydrogen) atoms. The van der Waals surface area contributed by atoms with Gasteiger partial charge in [-0.2, -0.15) is 0 Å². The molecule has 82 valence electrons. The Bertz CT molecular complexity index is 437. The van der Waals surface area contributed by atoms with E-state index >= 15 is 0 Å². The van der Waals surface area contributed by atoms with Gasteiger partial charge in [0, 0.05) is 24.2 Å². The van der Waals surface area contributed by atoms with Crippen LogP contribution in [0.1, 0.15) is 12.6 Å². The number of aryl methyl sites for hydroxylation is 1. The van der Waals surface area contributed by atoms with Crippen LogP contribution in [0.25, 0.3) is 11.1 Å². The molecule has 0 aliphatic rings. The summed E-state index contributed by atoms with van der Waals surface area (Å²) in [7, 11) is 1.62. The first kappa shape index (κ1) is 10.6. The second-order valence-corrected chi connectivity index (χ2v) is 3.48. The van der Waals surface area contributed by atoms with Crippen LogP contribution in [0, 0.1) is 0 Å². The zero-order valence-corrected chi connectivity index (χ0v) is 9.47. The number of ether oxygens (including phenoxy) is 1. The Morgan fingerprint density at radius 2 is 1.75 bits per heavy atom. The lowest BCUT2D eigenvalue weighted by molar-refractivity contribution is 0.398. The molecule has 0 radical (unpaired) electrons. The first-order valence-electron chi connectivity index (χ1n) is 5.29. The second kappa shape index (κ2) is 4.75. The molecule has 0 N–H and O–H groups in total. The third-order valence-electron chi connectivity index (χ3n) is 2.46. The first-order chi connectivity index (χ1) is 7.83. The summed E-state index contributed by atoms with van der Waals surface area (Å²) in [4.78, 5) is 8.37. The first-order valence-corrected chi connectivity index (χ1v) is 5.29. The molecule has 0 atom stereocenters. The molecule has 0 amide bonds. The summed E-state index contributed by atoms with van der Waals surface area (Å²) in [6, 6.07) is 7.98. The molecule has 2 aromatic rings. The van der Waals surface area contributed by atoms with Crippen molar-refractivity contribution in [3.63, 3.8) is 0 Å². The van der Waals surface area contributed by atoms with Crippen LogP contribution in [0.4, 0.5) is 0 Å². The van der Waals surface area contributed by atoms with Crippen LogP contribution in [0.2, 0.25) is 0 Å². The van der Waals surface area contributed by atoms with E-state index in [0.29, 0.717) is 5.88 Å². The Balaban J connectivity index is 2.41. The standard InChI is InChI=1S/C13H14N2O/c1-3-12-8-10(4-6-14-12)11-5-7-15-13(9-11)16-2/h4-9H,3H2,1-2H3. The molecule has 0 spiro atoms. The molecule has 0 aliphatic heterocycles. The Hall–Kier alpha value is -1.90. The van der Waals surface area contributed by atoms with Gasteiger partial charge in [0.05, 0.1) is 7.11 Å². The molecule has 0 bridgehead atoms. The summed E-state index contributed by atoms with van der Waals surface area (Å²) in [6.07, 6.45) is 4.53. The van der Waals surface area contributed by atoms with Crippen LogP contribution in [0.3, 0.4) is 0 Å². The minimum Gasteiger partial charge on any atom is -0.481 e. The van der Waals surface area contributed by atoms with Crippen LogP contribution in [0.5, 0.6) is 5.88 Å². The quantitative estimate of drug-likeness (QED) is 0.788. The number of rotatable bonds is 3. The third-order valence-corrected chi connectivity index (χ3v) is 2.46. The molecule has 2 aromatic heterocycles. The van der Waals surface area contributed by atoms with Gasteiger partial charge in [0.15, 0.2) is 0 Å². The summed E-state index contributed by atoms with van der Waals surface area (Å²) < 4.78 is 5.11. The summed E-state index contributed by atoms with van der Waals surface area (Å²) >= 11 is 0. The predicted octanol–water partition coefficient (Wildman–Crippen LogP) is 2.71. The molecule has 3 nitrogen and oxygen atoms in total. The minimum atomic E-state index is 0.632. The normalized spacial score (nSPS) is 10.1. The van der Waals surface area contributed by atoms with E-state index in [1.807, 2.05) is 24.4 Å². The third kappa shape index (κ3) is 2.19. The lowest BCUT2D eigenvalue weighted by Gasteiger charge is -2.04. The van der Waals surface area contributed by atoms with E-state index in [2.05, 4.69) is 23.0 Å². The lowest BCUT2D eigenvalue weighted by atomic mass is 10.1. The van der Waals surface area contributed by atoms with Crippen molar-refractivity contribution < 1.29 is 4.74 Å². The SMILES string of the molecule is CCc1cc(-c2ccnc(OC)c2)ccn1. The highest BCUT2D eigenvalue weighted by atomic mass is 16.5. The molecule has 3 heteroatoms. The van der Waals surface area contributed by atoms with Crippen molar-refractivity contribution in [3.8, 4) is 17.0 Å². The summed E-state index contributed by atoms with van der Waals surface area (Å²) in [5.41, 5.74) is 3.34. The summed E-state index contributed by atoms with van der Waals surface area (Å²) in [6.45, 7) is 2.10. The van der Waals surface area contributed by atoms with E-state index in [1.54, 1.807) is 13.3 Å². The summed E-state index contributed by atoms with van der Waals surface area (Å²) in [5.74, 6) is 0.632. The topological polar surface area (TPSA) is 35.0 Å². The van der Waals surface area contributed by atoms with Gasteiger partial charge in [-0.3, -0.25) is 4.98 Å². The molecule has 0 aliphatic carbocycles. The Kier molecular flexibility index (Phi) is 3.15. The van der Waals surface area contributed by atoms with Gasteiger partial charge < -0.3 is 4.74 Å². The minimum absolute atomic E-state index is 0.632. The molecular formula is C13H14N2O. The molecular weight excluding hydrogens is 200 g/mol. The van der Waals surface area contributed by atoms with Crippen molar-refractivity contribution in [1.82, 2.24) is 9.97 Å². The maximum absolute atomic E-state index is 5.11. The van der Waals surface area contributed by atoms with Crippen LogP contribution < -0.4 is 4.74 Å². The zero-order valence-electron chi connectivity index (χ0n) is 9.47. The highest BCUT2D eigenvalue weighted by Gasteiger charge is 2.01. The number of pyridine rings is 2. The maximum Gasteiger partial charge on any atom is 0.213 e. The van der Waals surface area contributed by atoms with E-state index in [-0.39, 0.29) is 0 Å². The van der Waals surface area contributed by atoms with Crippen LogP contribution in [-0.4, -0.2) is 17.1 Å². The van der Waals surface area contributed by atoms with Gasteiger partial charge in [0.1, 0.15) is 0 Å². The number of nitrogens with zero attached hydrogens (tertiary/aromatic N) is 2. The predicted molar refractivity (Wildman–Crippen MR) is 63.4 cm³/mol. The van der Waals surface area contributed by atoms with E-state index < -0.39 is 0 Å². The van der Waals surface area contributed by atoms with Crippen LogP contribution >= 0.6 is 0 Å². The molecule has 0 unspecified atom stereocenters. The number of methoxy groups -OCH3 is 1. The van der Waals surface area contributed by atoms with Gasteiger partial charge in [-0.15, -0.1) is 0 Å². The van der Waals surface area contributed by atoms with Gasteiger partial charge in [-0.25, -0.2) is 4.98 Å². The fraction of sp³-hybridized carbons (Fsp3) is 0.231. The van der Waals surface area contributed by atoms with Crippen molar-refractivity contribution in [1.29, 1.82) is 0 Å². The van der Waals surface area contributed by atoms with Gasteiger partial charge in [0.2, 0.25) is 5.88 Å². The second-order valence-electron chi connectivity index (χ2n) is 3.48. The fourth-order valence-corrected chi connectivity index (χ4v) is 1.55. The van der Waals surface area contributed by atoms with Gasteiger partial charge >= 0.3 is 0 Å². The van der Waals surface area contributed by atoms with Crippen molar-refractivity contribution in [2.45, 2.75) is 13.3 Å². The Morgan fingerprint density at radius 3 is 2.44 bits per heavy atom. The lowest BCUT2D eigenvalue weighted by Crippen LogP contribution is -1.90. The maximum atomic E-state index is 5.11. The highest BCUT2D eigenvalue weighted by molar-refractivity contribution is 5.64. The van der Waals surface area contributed by atoms with Gasteiger partial charge in [0.25, 0.3) is 0 Å². The van der Waals surface area contributed by atoms with Gasteiger partial charge in [-0.1, -0.05) is 6.92 Å². The van der Waals surface area contributed by atoms with Crippen molar-refractivity contribution in [3.05, 3.63) is 42.4 Å². The Labute approximate surface area is 95.1 Å². The van der Waals surface area contributed by atoms with E-state index in [0.717, 1.165) is 23.2 Å². The molecule has 0 saturated heterocycles. The molecule has 2 heterocycles. The summed E-state index contributed by atoms with van der Waals surface area (Å²) in [5, 5.41) is 0. The fourth-order valence-electron chi connectivity index (χ4n) is 1.55. The highest BCUT2D eigenvalue weighted by Crippen LogP contribution is 2.22. The number of hydrogen-bond acceptors (Lipinski definition) is 3. The Morgan fingerprint density at radius 1 is 1.06 bits per heavy atom. The molecule has 0 fully saturated rings. The number of aromatic nitrogens is 2. The average Bonchev–Trinajstić information content (AvgIpc) is 2.39. The van der Waals surface area contributed by atoms with Crippen LogP contribution in [0.15, 0.2) is 36.7 Å². The monoisotopic (exact) mass is 214 g/mol. The van der Waals surface area contributed by atoms with Crippen molar-refractivity contribution >= 4 is 0 Å². The average molecular weight is 214 g/mol. The van der Waals surface area contributed by atoms with Gasteiger partial charge in [-0.05, 0) is 35.7 Å². The molecule has 2 rings (SSSR count). The largest absolute Gasteiger partial charge is 0.481 e. The smallest absolute Gasteiger partial charge is 0.213 e. The van der Waals surface area contributed by atoms with E-state index in [4.69, 9.17) is 4.74 Å². The van der Waals surface area contributed by atoms with E-state index in [1.165, 1.54) is 0 Å². The molecule has 0 saturated carbocycles. The van der Waals surface area contributed by atoms with Crippen molar-refractivity contribution in [2.24, 2.45) is 0 Å². The van der Waals surface area contributed by atoms with Crippen molar-refractivity contribution in [2.75, 3.05) is 7.11 Å². The van der Waals surface area contributed by atoms with Crippen LogP contribution in [-0.2, 0) is 6.42 Å². The zero-order chi connectivity index (χ0) is 11.4. The number of hydrogen-bond donors (Lipinski definition) is 0. The molecule has 0 aromatic carbocycles. The van der Waals surface area contributed by atoms with E-state index in [9.17, 15) is 0 Å².